The molecule has 0 amide bonds. The Hall–Kier alpha value is -0.306. The Morgan fingerprint density at radius 3 is 2.00 bits per heavy atom. The Morgan fingerprint density at radius 2 is 1.73 bits per heavy atom. The summed E-state index contributed by atoms with van der Waals surface area (Å²) in [7, 11) is 4.64. The molecule has 0 aliphatic rings. The Bertz CT molecular complexity index is 213. The SMILES string of the molecule is N=C(N)c1ccccc1.[Cl][Ti]. The molecule has 0 atom stereocenters. The summed E-state index contributed by atoms with van der Waals surface area (Å²) in [5.74, 6) is 0.121. The molecule has 57 valence electrons. The van der Waals surface area contributed by atoms with E-state index in [1.807, 2.05) is 30.3 Å². The summed E-state index contributed by atoms with van der Waals surface area (Å²) >= 11 is 1.47. The number of nitrogens with one attached hydrogen (secondary N) is 1. The first-order valence-corrected chi connectivity index (χ1v) is 5.04. The molecule has 0 unspecified atom stereocenters. The van der Waals surface area contributed by atoms with E-state index in [9.17, 15) is 0 Å². The summed E-state index contributed by atoms with van der Waals surface area (Å²) in [6.45, 7) is 0. The summed E-state index contributed by atoms with van der Waals surface area (Å²) in [6, 6.07) is 9.23. The van der Waals surface area contributed by atoms with Crippen LogP contribution in [0, 0.1) is 5.41 Å². The van der Waals surface area contributed by atoms with Crippen LogP contribution in [0.5, 0.6) is 0 Å². The van der Waals surface area contributed by atoms with Gasteiger partial charge in [-0.2, -0.15) is 0 Å². The monoisotopic (exact) mass is 203 g/mol. The second-order valence-electron chi connectivity index (χ2n) is 1.78. The second-order valence-corrected chi connectivity index (χ2v) is 1.78. The third-order valence-corrected chi connectivity index (χ3v) is 1.08. The molecule has 0 saturated heterocycles. The van der Waals surface area contributed by atoms with E-state index in [4.69, 9.17) is 11.1 Å². The molecule has 1 aromatic rings. The van der Waals surface area contributed by atoms with Gasteiger partial charge in [-0.05, 0) is 0 Å². The summed E-state index contributed by atoms with van der Waals surface area (Å²) in [5.41, 5.74) is 5.97. The van der Waals surface area contributed by atoms with Crippen LogP contribution < -0.4 is 5.73 Å². The van der Waals surface area contributed by atoms with Crippen LogP contribution in [0.3, 0.4) is 0 Å². The van der Waals surface area contributed by atoms with E-state index in [1.54, 1.807) is 0 Å². The number of hydrogen-bond acceptors (Lipinski definition) is 1. The molecular formula is C7H8ClN2Ti. The molecule has 0 bridgehead atoms. The molecule has 1 aromatic carbocycles. The summed E-state index contributed by atoms with van der Waals surface area (Å²) in [4.78, 5) is 0. The molecule has 0 radical (unpaired) electrons. The topological polar surface area (TPSA) is 49.9 Å². The van der Waals surface area contributed by atoms with Gasteiger partial charge in [-0.15, -0.1) is 0 Å². The number of hydrogen-bond donors (Lipinski definition) is 2. The van der Waals surface area contributed by atoms with E-state index >= 15 is 0 Å². The van der Waals surface area contributed by atoms with Crippen molar-refractivity contribution in [1.82, 2.24) is 0 Å². The fourth-order valence-electron chi connectivity index (χ4n) is 0.618. The van der Waals surface area contributed by atoms with Crippen LogP contribution in [0.1, 0.15) is 5.56 Å². The molecule has 0 fully saturated rings. The van der Waals surface area contributed by atoms with Crippen molar-refractivity contribution in [3.05, 3.63) is 35.9 Å². The minimum atomic E-state index is 0.121. The molecule has 0 aromatic heterocycles. The molecule has 11 heavy (non-hydrogen) atoms. The molecule has 2 nitrogen and oxygen atoms in total. The predicted molar refractivity (Wildman–Crippen MR) is 43.3 cm³/mol. The molecular weight excluding hydrogens is 195 g/mol. The molecule has 0 saturated carbocycles. The zero-order valence-electron chi connectivity index (χ0n) is 5.84. The van der Waals surface area contributed by atoms with Gasteiger partial charge in [0.15, 0.2) is 0 Å². The van der Waals surface area contributed by atoms with Crippen LogP contribution in [0.15, 0.2) is 30.3 Å². The Labute approximate surface area is 81.5 Å². The number of rotatable bonds is 1. The van der Waals surface area contributed by atoms with Crippen molar-refractivity contribution < 1.29 is 19.4 Å². The van der Waals surface area contributed by atoms with Crippen LogP contribution in [0.2, 0.25) is 0 Å². The fraction of sp³-hybridized carbons (Fsp3) is 0. The third-order valence-electron chi connectivity index (χ3n) is 1.08. The van der Waals surface area contributed by atoms with Crippen LogP contribution in [0.4, 0.5) is 0 Å². The van der Waals surface area contributed by atoms with Crippen molar-refractivity contribution in [2.24, 2.45) is 5.73 Å². The average Bonchev–Trinajstić information content (AvgIpc) is 2.10. The number of halogens is 1. The normalized spacial score (nSPS) is 7.64. The number of nitrogen functional groups attached to an aromatic ring is 1. The number of amidine groups is 1. The van der Waals surface area contributed by atoms with E-state index in [-0.39, 0.29) is 5.84 Å². The van der Waals surface area contributed by atoms with Gasteiger partial charge in [0.1, 0.15) is 5.84 Å². The van der Waals surface area contributed by atoms with Crippen molar-refractivity contribution in [3.63, 3.8) is 0 Å². The standard InChI is InChI=1S/C7H8N2.ClH.Ti/c8-7(9)6-4-2-1-3-5-6;;/h1-5H,(H3,8,9);1H;/q;;+1/p-1. The first-order valence-electron chi connectivity index (χ1n) is 2.89. The summed E-state index contributed by atoms with van der Waals surface area (Å²) in [5, 5.41) is 7.01. The van der Waals surface area contributed by atoms with Crippen molar-refractivity contribution in [1.29, 1.82) is 5.41 Å². The van der Waals surface area contributed by atoms with Crippen LogP contribution in [0.25, 0.3) is 0 Å². The van der Waals surface area contributed by atoms with Gasteiger partial charge in [0.25, 0.3) is 0 Å². The van der Waals surface area contributed by atoms with Gasteiger partial charge in [0.2, 0.25) is 0 Å². The molecule has 4 heteroatoms. The van der Waals surface area contributed by atoms with Gasteiger partial charge in [0.05, 0.1) is 0 Å². The van der Waals surface area contributed by atoms with Crippen LogP contribution in [-0.4, -0.2) is 5.84 Å². The van der Waals surface area contributed by atoms with Gasteiger partial charge in [-0.25, -0.2) is 0 Å². The van der Waals surface area contributed by atoms with Crippen molar-refractivity contribution >= 4 is 15.1 Å². The number of benzene rings is 1. The van der Waals surface area contributed by atoms with E-state index in [0.29, 0.717) is 0 Å². The predicted octanol–water partition coefficient (Wildman–Crippen LogP) is 1.66. The van der Waals surface area contributed by atoms with Gasteiger partial charge in [-0.1, -0.05) is 30.3 Å². The number of nitrogens with two attached hydrogens (primary N) is 1. The molecule has 1 rings (SSSR count). The van der Waals surface area contributed by atoms with E-state index < -0.39 is 0 Å². The summed E-state index contributed by atoms with van der Waals surface area (Å²) in [6.07, 6.45) is 0. The second kappa shape index (κ2) is 6.41. The minimum absolute atomic E-state index is 0.121. The van der Waals surface area contributed by atoms with Crippen LogP contribution >= 0.6 is 9.30 Å². The van der Waals surface area contributed by atoms with Crippen molar-refractivity contribution in [2.75, 3.05) is 0 Å². The Kier molecular flexibility index (Phi) is 6.23. The first-order chi connectivity index (χ1) is 5.30. The first kappa shape index (κ1) is 10.7. The van der Waals surface area contributed by atoms with E-state index in [1.165, 1.54) is 19.4 Å². The maximum absolute atomic E-state index is 7.01. The zero-order chi connectivity index (χ0) is 8.69. The quantitative estimate of drug-likeness (QED) is 0.407. The Morgan fingerprint density at radius 1 is 1.27 bits per heavy atom. The fourth-order valence-corrected chi connectivity index (χ4v) is 0.618. The summed E-state index contributed by atoms with van der Waals surface area (Å²) < 4.78 is 0. The van der Waals surface area contributed by atoms with Crippen molar-refractivity contribution in [2.45, 2.75) is 0 Å². The maximum atomic E-state index is 7.01. The van der Waals surface area contributed by atoms with E-state index in [2.05, 4.69) is 9.30 Å². The molecule has 0 heterocycles. The molecule has 3 N–H and O–H groups in total. The van der Waals surface area contributed by atoms with Crippen molar-refractivity contribution in [3.8, 4) is 0 Å². The Balaban J connectivity index is 0.000000461. The van der Waals surface area contributed by atoms with Crippen LogP contribution in [-0.2, 0) is 19.4 Å². The molecule has 0 aliphatic heterocycles. The molecule has 0 spiro atoms. The van der Waals surface area contributed by atoms with E-state index in [0.717, 1.165) is 5.56 Å². The van der Waals surface area contributed by atoms with Gasteiger partial charge >= 0.3 is 28.7 Å². The van der Waals surface area contributed by atoms with Gasteiger partial charge < -0.3 is 5.73 Å². The molecule has 0 aliphatic carbocycles. The third kappa shape index (κ3) is 4.20. The van der Waals surface area contributed by atoms with Gasteiger partial charge in [-0.3, -0.25) is 5.41 Å². The average molecular weight is 203 g/mol. The van der Waals surface area contributed by atoms with Gasteiger partial charge in [0, 0.05) is 5.56 Å². The zero-order valence-corrected chi connectivity index (χ0v) is 8.16.